The SMILES string of the molecule is C=C(C)Cn1c(SCC(=O)Nc2cccc(OC)c2)nc2sc3c(c2c1=O)CCC3. The standard InChI is InChI=1S/C22H23N3O3S2/c1-13(2)11-25-21(27)19-16-8-5-9-17(16)30-20(19)24-22(25)29-12-18(26)23-14-6-4-7-15(10-14)28-3/h4,6-7,10H,1,5,8-9,11-12H2,2-3H3,(H,23,26). The molecule has 0 saturated heterocycles. The van der Waals surface area contributed by atoms with Gasteiger partial charge >= 0.3 is 0 Å². The highest BCUT2D eigenvalue weighted by molar-refractivity contribution is 7.99. The Balaban J connectivity index is 1.59. The van der Waals surface area contributed by atoms with Crippen LogP contribution in [0.15, 0.2) is 46.4 Å². The van der Waals surface area contributed by atoms with Crippen molar-refractivity contribution in [3.8, 4) is 5.75 Å². The number of thioether (sulfide) groups is 1. The van der Waals surface area contributed by atoms with Gasteiger partial charge in [-0.05, 0) is 43.9 Å². The number of thiophene rings is 1. The molecular formula is C22H23N3O3S2. The third-order valence-electron chi connectivity index (χ3n) is 4.90. The Hall–Kier alpha value is -2.58. The highest BCUT2D eigenvalue weighted by atomic mass is 32.2. The molecule has 0 saturated carbocycles. The summed E-state index contributed by atoms with van der Waals surface area (Å²) in [5, 5.41) is 4.16. The van der Waals surface area contributed by atoms with Crippen molar-refractivity contribution < 1.29 is 9.53 Å². The van der Waals surface area contributed by atoms with Gasteiger partial charge in [0.05, 0.1) is 18.2 Å². The molecule has 156 valence electrons. The molecule has 1 amide bonds. The first-order valence-electron chi connectivity index (χ1n) is 9.72. The molecule has 0 fully saturated rings. The minimum absolute atomic E-state index is 0.0295. The minimum Gasteiger partial charge on any atom is -0.497 e. The first-order valence-corrected chi connectivity index (χ1v) is 11.5. The van der Waals surface area contributed by atoms with Crippen LogP contribution in [-0.2, 0) is 24.2 Å². The number of hydrogen-bond acceptors (Lipinski definition) is 6. The van der Waals surface area contributed by atoms with E-state index in [0.29, 0.717) is 23.1 Å². The smallest absolute Gasteiger partial charge is 0.263 e. The van der Waals surface area contributed by atoms with E-state index in [0.717, 1.165) is 40.6 Å². The molecular weight excluding hydrogens is 418 g/mol. The average Bonchev–Trinajstić information content (AvgIpc) is 3.29. The third kappa shape index (κ3) is 4.15. The molecule has 1 aliphatic carbocycles. The van der Waals surface area contributed by atoms with Gasteiger partial charge in [-0.15, -0.1) is 11.3 Å². The number of fused-ring (bicyclic) bond motifs is 3. The Labute approximate surface area is 183 Å². The van der Waals surface area contributed by atoms with Gasteiger partial charge in [0.1, 0.15) is 10.6 Å². The van der Waals surface area contributed by atoms with Crippen LogP contribution in [0.2, 0.25) is 0 Å². The van der Waals surface area contributed by atoms with Crippen LogP contribution in [0.3, 0.4) is 0 Å². The molecule has 0 unspecified atom stereocenters. The van der Waals surface area contributed by atoms with Gasteiger partial charge in [-0.2, -0.15) is 0 Å². The second-order valence-corrected chi connectivity index (χ2v) is 9.38. The molecule has 0 radical (unpaired) electrons. The lowest BCUT2D eigenvalue weighted by Crippen LogP contribution is -2.24. The zero-order chi connectivity index (χ0) is 21.3. The lowest BCUT2D eigenvalue weighted by atomic mass is 10.2. The number of allylic oxidation sites excluding steroid dienone is 1. The summed E-state index contributed by atoms with van der Waals surface area (Å²) in [5.41, 5.74) is 2.67. The normalized spacial score (nSPS) is 12.7. The highest BCUT2D eigenvalue weighted by Gasteiger charge is 2.23. The second-order valence-electron chi connectivity index (χ2n) is 7.35. The number of nitrogens with zero attached hydrogens (tertiary/aromatic N) is 2. The summed E-state index contributed by atoms with van der Waals surface area (Å²) < 4.78 is 6.84. The van der Waals surface area contributed by atoms with E-state index in [2.05, 4.69) is 11.9 Å². The van der Waals surface area contributed by atoms with E-state index in [4.69, 9.17) is 9.72 Å². The van der Waals surface area contributed by atoms with E-state index in [9.17, 15) is 9.59 Å². The van der Waals surface area contributed by atoms with Crippen molar-refractivity contribution in [2.75, 3.05) is 18.2 Å². The van der Waals surface area contributed by atoms with Crippen molar-refractivity contribution >= 4 is 44.9 Å². The summed E-state index contributed by atoms with van der Waals surface area (Å²) in [5.74, 6) is 0.656. The average molecular weight is 442 g/mol. The van der Waals surface area contributed by atoms with Crippen LogP contribution in [0.1, 0.15) is 23.8 Å². The predicted molar refractivity (Wildman–Crippen MR) is 123 cm³/mol. The first-order chi connectivity index (χ1) is 14.5. The Morgan fingerprint density at radius 2 is 2.23 bits per heavy atom. The minimum atomic E-state index is -0.168. The maximum absolute atomic E-state index is 13.3. The van der Waals surface area contributed by atoms with E-state index in [1.807, 2.05) is 19.1 Å². The number of benzene rings is 1. The van der Waals surface area contributed by atoms with Gasteiger partial charge in [0.2, 0.25) is 5.91 Å². The molecule has 1 aliphatic rings. The zero-order valence-corrected chi connectivity index (χ0v) is 18.6. The van der Waals surface area contributed by atoms with E-state index < -0.39 is 0 Å². The van der Waals surface area contributed by atoms with E-state index in [1.165, 1.54) is 16.6 Å². The van der Waals surface area contributed by atoms with Crippen molar-refractivity contribution in [1.82, 2.24) is 9.55 Å². The van der Waals surface area contributed by atoms with Crippen molar-refractivity contribution in [1.29, 1.82) is 0 Å². The van der Waals surface area contributed by atoms with Gasteiger partial charge in [0.25, 0.3) is 5.56 Å². The van der Waals surface area contributed by atoms with Gasteiger partial charge < -0.3 is 10.1 Å². The van der Waals surface area contributed by atoms with Gasteiger partial charge in [0, 0.05) is 23.2 Å². The van der Waals surface area contributed by atoms with Crippen molar-refractivity contribution in [2.45, 2.75) is 37.9 Å². The summed E-state index contributed by atoms with van der Waals surface area (Å²) in [6.07, 6.45) is 3.05. The lowest BCUT2D eigenvalue weighted by Gasteiger charge is -2.12. The fourth-order valence-corrected chi connectivity index (χ4v) is 5.71. The van der Waals surface area contributed by atoms with Crippen LogP contribution >= 0.6 is 23.1 Å². The first kappa shape index (κ1) is 20.7. The summed E-state index contributed by atoms with van der Waals surface area (Å²) in [7, 11) is 1.58. The molecule has 0 atom stereocenters. The lowest BCUT2D eigenvalue weighted by molar-refractivity contribution is -0.113. The summed E-state index contributed by atoms with van der Waals surface area (Å²) in [6.45, 7) is 6.24. The third-order valence-corrected chi connectivity index (χ3v) is 7.07. The van der Waals surface area contributed by atoms with Crippen LogP contribution in [0.4, 0.5) is 5.69 Å². The summed E-state index contributed by atoms with van der Waals surface area (Å²) in [4.78, 5) is 32.6. The number of carbonyl (C=O) groups excluding carboxylic acids is 1. The fraction of sp³-hybridized carbons (Fsp3) is 0.318. The van der Waals surface area contributed by atoms with Gasteiger partial charge in [0.15, 0.2) is 5.16 Å². The predicted octanol–water partition coefficient (Wildman–Crippen LogP) is 4.26. The number of amides is 1. The Morgan fingerprint density at radius 3 is 3.00 bits per heavy atom. The van der Waals surface area contributed by atoms with E-state index >= 15 is 0 Å². The number of hydrogen-bond donors (Lipinski definition) is 1. The maximum Gasteiger partial charge on any atom is 0.263 e. The Kier molecular flexibility index (Phi) is 5.97. The maximum atomic E-state index is 13.3. The van der Waals surface area contributed by atoms with Crippen LogP contribution in [0, 0.1) is 0 Å². The largest absolute Gasteiger partial charge is 0.497 e. The number of methoxy groups -OCH3 is 1. The van der Waals surface area contributed by atoms with Gasteiger partial charge in [-0.1, -0.05) is 30.0 Å². The van der Waals surface area contributed by atoms with Crippen molar-refractivity contribution in [2.24, 2.45) is 0 Å². The van der Waals surface area contributed by atoms with E-state index in [-0.39, 0.29) is 17.2 Å². The summed E-state index contributed by atoms with van der Waals surface area (Å²) in [6, 6.07) is 7.20. The molecule has 8 heteroatoms. The van der Waals surface area contributed by atoms with Gasteiger partial charge in [-0.25, -0.2) is 4.98 Å². The molecule has 6 nitrogen and oxygen atoms in total. The van der Waals surface area contributed by atoms with Crippen molar-refractivity contribution in [3.63, 3.8) is 0 Å². The number of nitrogens with one attached hydrogen (secondary N) is 1. The zero-order valence-electron chi connectivity index (χ0n) is 17.0. The summed E-state index contributed by atoms with van der Waals surface area (Å²) >= 11 is 2.88. The number of carbonyl (C=O) groups is 1. The number of aromatic nitrogens is 2. The molecule has 1 N–H and O–H groups in total. The number of aryl methyl sites for hydroxylation is 2. The fourth-order valence-electron chi connectivity index (χ4n) is 3.61. The molecule has 30 heavy (non-hydrogen) atoms. The Bertz CT molecular complexity index is 1200. The van der Waals surface area contributed by atoms with Crippen LogP contribution in [0.25, 0.3) is 10.2 Å². The second kappa shape index (κ2) is 8.65. The highest BCUT2D eigenvalue weighted by Crippen LogP contribution is 2.35. The number of rotatable bonds is 7. The molecule has 0 bridgehead atoms. The van der Waals surface area contributed by atoms with Crippen LogP contribution in [0.5, 0.6) is 5.75 Å². The topological polar surface area (TPSA) is 73.2 Å². The monoisotopic (exact) mass is 441 g/mol. The molecule has 2 heterocycles. The molecule has 3 aromatic rings. The molecule has 2 aromatic heterocycles. The Morgan fingerprint density at radius 1 is 1.40 bits per heavy atom. The number of anilines is 1. The van der Waals surface area contributed by atoms with Crippen LogP contribution < -0.4 is 15.6 Å². The molecule has 0 aliphatic heterocycles. The molecule has 4 rings (SSSR count). The number of ether oxygens (including phenoxy) is 1. The quantitative estimate of drug-likeness (QED) is 0.337. The van der Waals surface area contributed by atoms with Crippen LogP contribution in [-0.4, -0.2) is 28.3 Å². The molecule has 0 spiro atoms. The molecule has 1 aromatic carbocycles. The van der Waals surface area contributed by atoms with E-state index in [1.54, 1.807) is 35.1 Å². The van der Waals surface area contributed by atoms with Gasteiger partial charge in [-0.3, -0.25) is 14.2 Å². The van der Waals surface area contributed by atoms with Crippen molar-refractivity contribution in [3.05, 3.63) is 57.2 Å².